The molecular weight excluding hydrogens is 376 g/mol. The van der Waals surface area contributed by atoms with Crippen LogP contribution >= 0.6 is 11.6 Å². The normalized spacial score (nSPS) is 15.3. The van der Waals surface area contributed by atoms with Crippen molar-refractivity contribution in [2.75, 3.05) is 26.2 Å². The van der Waals surface area contributed by atoms with Crippen LogP contribution in [0.1, 0.15) is 29.2 Å². The third-order valence-corrected chi connectivity index (χ3v) is 6.37. The third-order valence-electron chi connectivity index (χ3n) is 4.47. The number of carbonyl (C=O) groups excluding carboxylic acids is 1. The molecule has 8 heteroatoms. The van der Waals surface area contributed by atoms with E-state index in [2.05, 4.69) is 5.32 Å². The van der Waals surface area contributed by atoms with Gasteiger partial charge in [-0.1, -0.05) is 11.6 Å². The van der Waals surface area contributed by atoms with Gasteiger partial charge in [0.25, 0.3) is 5.91 Å². The lowest BCUT2D eigenvalue weighted by atomic mass is 10.4. The Balaban J connectivity index is 1.56. The van der Waals surface area contributed by atoms with E-state index in [0.717, 1.165) is 19.6 Å². The highest BCUT2D eigenvalue weighted by Crippen LogP contribution is 2.20. The van der Waals surface area contributed by atoms with Crippen molar-refractivity contribution in [1.29, 1.82) is 0 Å². The molecule has 0 aliphatic carbocycles. The standard InChI is InChI=1S/C18H21ClN2O4S/c19-14-3-6-16(7-4-14)26(23,24)13-15-5-8-17(25-15)18(22)20-9-12-21-10-1-2-11-21/h3-8H,1-2,9-13H2,(H,20,22)/p+1. The fourth-order valence-electron chi connectivity index (χ4n) is 3.05. The van der Waals surface area contributed by atoms with Crippen molar-refractivity contribution in [3.63, 3.8) is 0 Å². The molecule has 0 atom stereocenters. The molecule has 140 valence electrons. The molecule has 0 spiro atoms. The molecule has 0 saturated carbocycles. The summed E-state index contributed by atoms with van der Waals surface area (Å²) in [5.74, 6) is -0.267. The van der Waals surface area contributed by atoms with Gasteiger partial charge in [0.1, 0.15) is 11.5 Å². The van der Waals surface area contributed by atoms with Crippen molar-refractivity contribution in [2.24, 2.45) is 0 Å². The van der Waals surface area contributed by atoms with Gasteiger partial charge in [-0.05, 0) is 36.4 Å². The lowest BCUT2D eigenvalue weighted by molar-refractivity contribution is -0.886. The molecule has 2 N–H and O–H groups in total. The number of likely N-dealkylation sites (tertiary alicyclic amines) is 1. The van der Waals surface area contributed by atoms with E-state index in [4.69, 9.17) is 16.0 Å². The number of benzene rings is 1. The fraction of sp³-hybridized carbons (Fsp3) is 0.389. The molecule has 0 unspecified atom stereocenters. The molecule has 3 rings (SSSR count). The highest BCUT2D eigenvalue weighted by molar-refractivity contribution is 7.90. The summed E-state index contributed by atoms with van der Waals surface area (Å²) in [4.78, 5) is 13.8. The van der Waals surface area contributed by atoms with Gasteiger partial charge in [0, 0.05) is 17.9 Å². The summed E-state index contributed by atoms with van der Waals surface area (Å²) in [7, 11) is -3.56. The van der Waals surface area contributed by atoms with E-state index in [0.29, 0.717) is 11.6 Å². The number of furan rings is 1. The van der Waals surface area contributed by atoms with Crippen LogP contribution in [-0.4, -0.2) is 40.5 Å². The Morgan fingerprint density at radius 3 is 2.50 bits per heavy atom. The van der Waals surface area contributed by atoms with Crippen molar-refractivity contribution in [1.82, 2.24) is 5.32 Å². The number of sulfone groups is 1. The Hall–Kier alpha value is -1.83. The first kappa shape index (κ1) is 18.9. The van der Waals surface area contributed by atoms with Crippen molar-refractivity contribution < 1.29 is 22.5 Å². The van der Waals surface area contributed by atoms with Crippen LogP contribution in [0.15, 0.2) is 45.7 Å². The topological polar surface area (TPSA) is 80.8 Å². The first-order valence-electron chi connectivity index (χ1n) is 8.63. The third kappa shape index (κ3) is 4.87. The van der Waals surface area contributed by atoms with Crippen molar-refractivity contribution in [3.8, 4) is 0 Å². The van der Waals surface area contributed by atoms with Gasteiger partial charge < -0.3 is 14.6 Å². The van der Waals surface area contributed by atoms with Gasteiger partial charge >= 0.3 is 0 Å². The van der Waals surface area contributed by atoms with E-state index < -0.39 is 9.84 Å². The zero-order valence-corrected chi connectivity index (χ0v) is 15.9. The van der Waals surface area contributed by atoms with E-state index in [-0.39, 0.29) is 28.1 Å². The molecule has 1 amide bonds. The number of halogens is 1. The number of rotatable bonds is 7. The molecule has 0 radical (unpaired) electrons. The Bertz CT molecular complexity index is 856. The number of hydrogen-bond donors (Lipinski definition) is 2. The molecule has 6 nitrogen and oxygen atoms in total. The van der Waals surface area contributed by atoms with Crippen LogP contribution in [0.25, 0.3) is 0 Å². The molecule has 1 fully saturated rings. The second-order valence-corrected chi connectivity index (χ2v) is 8.87. The number of quaternary nitrogens is 1. The average Bonchev–Trinajstić information content (AvgIpc) is 3.27. The minimum absolute atomic E-state index is 0.128. The lowest BCUT2D eigenvalue weighted by Gasteiger charge is -2.11. The monoisotopic (exact) mass is 397 g/mol. The van der Waals surface area contributed by atoms with Crippen molar-refractivity contribution >= 4 is 27.3 Å². The van der Waals surface area contributed by atoms with Gasteiger partial charge in [0.15, 0.2) is 15.6 Å². The van der Waals surface area contributed by atoms with Crippen LogP contribution < -0.4 is 10.2 Å². The molecule has 1 aromatic carbocycles. The summed E-state index contributed by atoms with van der Waals surface area (Å²) < 4.78 is 30.2. The molecule has 2 heterocycles. The van der Waals surface area contributed by atoms with Gasteiger partial charge in [0.2, 0.25) is 0 Å². The Labute approximate surface area is 158 Å². The molecule has 1 saturated heterocycles. The molecule has 1 aliphatic heterocycles. The van der Waals surface area contributed by atoms with E-state index in [1.807, 2.05) is 0 Å². The Morgan fingerprint density at radius 1 is 1.12 bits per heavy atom. The van der Waals surface area contributed by atoms with Gasteiger partial charge in [-0.3, -0.25) is 4.79 Å². The van der Waals surface area contributed by atoms with E-state index in [1.54, 1.807) is 0 Å². The van der Waals surface area contributed by atoms with Gasteiger partial charge in [0.05, 0.1) is 31.1 Å². The van der Waals surface area contributed by atoms with Crippen LogP contribution in [0.4, 0.5) is 0 Å². The first-order valence-corrected chi connectivity index (χ1v) is 10.7. The Kier molecular flexibility index (Phi) is 6.01. The van der Waals surface area contributed by atoms with E-state index in [9.17, 15) is 13.2 Å². The maximum Gasteiger partial charge on any atom is 0.287 e. The first-order chi connectivity index (χ1) is 12.4. The molecule has 1 aromatic heterocycles. The summed E-state index contributed by atoms with van der Waals surface area (Å²) >= 11 is 5.78. The number of hydrogen-bond acceptors (Lipinski definition) is 4. The SMILES string of the molecule is O=C(NCC[NH+]1CCCC1)c1ccc(CS(=O)(=O)c2ccc(Cl)cc2)o1. The van der Waals surface area contributed by atoms with Crippen molar-refractivity contribution in [3.05, 3.63) is 52.9 Å². The highest BCUT2D eigenvalue weighted by Gasteiger charge is 2.20. The number of amides is 1. The van der Waals surface area contributed by atoms with Crippen LogP contribution in [0.3, 0.4) is 0 Å². The second-order valence-electron chi connectivity index (χ2n) is 6.44. The zero-order valence-electron chi connectivity index (χ0n) is 14.3. The van der Waals surface area contributed by atoms with Crippen LogP contribution in [0.2, 0.25) is 5.02 Å². The zero-order chi connectivity index (χ0) is 18.6. The second kappa shape index (κ2) is 8.24. The number of nitrogens with one attached hydrogen (secondary N) is 2. The molecular formula is C18H22ClN2O4S+. The van der Waals surface area contributed by atoms with Crippen LogP contribution in [0, 0.1) is 0 Å². The minimum Gasteiger partial charge on any atom is -0.455 e. The molecule has 1 aliphatic rings. The summed E-state index contributed by atoms with van der Waals surface area (Å²) in [6.07, 6.45) is 2.49. The predicted molar refractivity (Wildman–Crippen MR) is 98.2 cm³/mol. The summed E-state index contributed by atoms with van der Waals surface area (Å²) in [6.45, 7) is 3.78. The molecule has 2 aromatic rings. The molecule has 26 heavy (non-hydrogen) atoms. The van der Waals surface area contributed by atoms with Gasteiger partial charge in [-0.15, -0.1) is 0 Å². The van der Waals surface area contributed by atoms with Crippen LogP contribution in [-0.2, 0) is 15.6 Å². The van der Waals surface area contributed by atoms with Gasteiger partial charge in [-0.2, -0.15) is 0 Å². The maximum absolute atomic E-state index is 12.4. The largest absolute Gasteiger partial charge is 0.455 e. The summed E-state index contributed by atoms with van der Waals surface area (Å²) in [5.41, 5.74) is 0. The average molecular weight is 398 g/mol. The fourth-order valence-corrected chi connectivity index (χ4v) is 4.43. The summed E-state index contributed by atoms with van der Waals surface area (Å²) in [6, 6.07) is 8.98. The lowest BCUT2D eigenvalue weighted by Crippen LogP contribution is -3.10. The Morgan fingerprint density at radius 2 is 1.81 bits per heavy atom. The van der Waals surface area contributed by atoms with Gasteiger partial charge in [-0.25, -0.2) is 8.42 Å². The predicted octanol–water partition coefficient (Wildman–Crippen LogP) is 1.32. The minimum atomic E-state index is -3.56. The molecule has 0 bridgehead atoms. The quantitative estimate of drug-likeness (QED) is 0.738. The van der Waals surface area contributed by atoms with Crippen LogP contribution in [0.5, 0.6) is 0 Å². The maximum atomic E-state index is 12.4. The smallest absolute Gasteiger partial charge is 0.287 e. The summed E-state index contributed by atoms with van der Waals surface area (Å²) in [5, 5.41) is 3.29. The number of carbonyl (C=O) groups is 1. The van der Waals surface area contributed by atoms with E-state index >= 15 is 0 Å². The highest BCUT2D eigenvalue weighted by atomic mass is 35.5. The van der Waals surface area contributed by atoms with Crippen molar-refractivity contribution in [2.45, 2.75) is 23.5 Å². The van der Waals surface area contributed by atoms with E-state index in [1.165, 1.54) is 54.1 Å².